The van der Waals surface area contributed by atoms with Crippen LogP contribution in [0.15, 0.2) is 41.6 Å². The number of hydrogen-bond acceptors (Lipinski definition) is 6. The van der Waals surface area contributed by atoms with Gasteiger partial charge in [-0.1, -0.05) is 0 Å². The molecule has 0 unspecified atom stereocenters. The number of nitrogen functional groups attached to an aromatic ring is 1. The van der Waals surface area contributed by atoms with Gasteiger partial charge >= 0.3 is 0 Å². The average molecular weight is 308 g/mol. The summed E-state index contributed by atoms with van der Waals surface area (Å²) < 4.78 is 26.8. The first-order valence-corrected chi connectivity index (χ1v) is 7.26. The lowest BCUT2D eigenvalue weighted by Gasteiger charge is -2.09. The highest BCUT2D eigenvalue weighted by Crippen LogP contribution is 2.27. The number of sulfonamides is 1. The molecule has 0 saturated carbocycles. The lowest BCUT2D eigenvalue weighted by Crippen LogP contribution is -2.15. The second-order valence-corrected chi connectivity index (χ2v) is 5.99. The van der Waals surface area contributed by atoms with E-state index in [4.69, 9.17) is 5.73 Å². The van der Waals surface area contributed by atoms with Crippen molar-refractivity contribution < 1.29 is 13.3 Å². The van der Waals surface area contributed by atoms with Crippen molar-refractivity contribution in [2.24, 2.45) is 0 Å². The van der Waals surface area contributed by atoms with E-state index in [1.807, 2.05) is 0 Å². The normalized spacial score (nSPS) is 11.1. The minimum absolute atomic E-state index is 0.109. The third-order valence-electron chi connectivity index (χ3n) is 2.60. The van der Waals surface area contributed by atoms with Crippen LogP contribution in [0.2, 0.25) is 0 Å². The van der Waals surface area contributed by atoms with Gasteiger partial charge in [-0.15, -0.1) is 0 Å². The zero-order valence-corrected chi connectivity index (χ0v) is 11.8. The molecule has 1 aromatic carbocycles. The Morgan fingerprint density at radius 2 is 2.00 bits per heavy atom. The fourth-order valence-corrected chi connectivity index (χ4v) is 2.91. The van der Waals surface area contributed by atoms with Gasteiger partial charge in [-0.3, -0.25) is 19.8 Å². The number of aromatic nitrogens is 1. The second kappa shape index (κ2) is 5.37. The lowest BCUT2D eigenvalue weighted by atomic mass is 10.3. The average Bonchev–Trinajstić information content (AvgIpc) is 2.37. The molecule has 0 bridgehead atoms. The number of rotatable bonds is 4. The van der Waals surface area contributed by atoms with Crippen molar-refractivity contribution in [3.8, 4) is 0 Å². The zero-order chi connectivity index (χ0) is 15.6. The maximum absolute atomic E-state index is 12.3. The Hall–Kier alpha value is -2.68. The number of nitrogens with one attached hydrogen (secondary N) is 1. The van der Waals surface area contributed by atoms with Gasteiger partial charge in [0.2, 0.25) is 0 Å². The molecule has 0 aliphatic rings. The maximum Gasteiger partial charge on any atom is 0.291 e. The first kappa shape index (κ1) is 14.7. The van der Waals surface area contributed by atoms with Crippen molar-refractivity contribution in [1.29, 1.82) is 0 Å². The Morgan fingerprint density at radius 1 is 1.29 bits per heavy atom. The van der Waals surface area contributed by atoms with Gasteiger partial charge < -0.3 is 5.73 Å². The molecule has 0 amide bonds. The second-order valence-electron chi connectivity index (χ2n) is 4.34. The summed E-state index contributed by atoms with van der Waals surface area (Å²) in [5, 5.41) is 11.0. The van der Waals surface area contributed by atoms with E-state index in [2.05, 4.69) is 9.71 Å². The number of nitro benzene ring substituents is 1. The van der Waals surface area contributed by atoms with E-state index in [0.29, 0.717) is 0 Å². The molecule has 8 nitrogen and oxygen atoms in total. The Balaban J connectivity index is 2.47. The third-order valence-corrected chi connectivity index (χ3v) is 4.03. The summed E-state index contributed by atoms with van der Waals surface area (Å²) in [4.78, 5) is 13.6. The lowest BCUT2D eigenvalue weighted by molar-refractivity contribution is -0.387. The molecule has 3 N–H and O–H groups in total. The Bertz CT molecular complexity index is 805. The molecule has 0 radical (unpaired) electrons. The summed E-state index contributed by atoms with van der Waals surface area (Å²) in [7, 11) is -4.11. The van der Waals surface area contributed by atoms with Crippen LogP contribution in [0.3, 0.4) is 0 Å². The molecule has 9 heteroatoms. The van der Waals surface area contributed by atoms with Crippen molar-refractivity contribution in [3.05, 3.63) is 52.3 Å². The summed E-state index contributed by atoms with van der Waals surface area (Å²) in [6.07, 6.45) is 2.87. The fraction of sp³-hybridized carbons (Fsp3) is 0.0833. The molecule has 0 atom stereocenters. The number of nitro groups is 1. The molecule has 1 aromatic heterocycles. The van der Waals surface area contributed by atoms with Crippen molar-refractivity contribution >= 4 is 27.1 Å². The fourth-order valence-electron chi connectivity index (χ4n) is 1.73. The van der Waals surface area contributed by atoms with Gasteiger partial charge in [-0.25, -0.2) is 8.42 Å². The topological polar surface area (TPSA) is 128 Å². The number of hydrogen-bond donors (Lipinski definition) is 2. The summed E-state index contributed by atoms with van der Waals surface area (Å²) in [6.45, 7) is 1.75. The van der Waals surface area contributed by atoms with Crippen molar-refractivity contribution in [2.75, 3.05) is 10.5 Å². The standard InChI is InChI=1S/C12H12N4O4S/c1-8-4-10(7-14-6-8)15-21(19,20)12-3-2-9(13)5-11(12)16(17)18/h2-7,15H,13H2,1H3. The number of anilines is 2. The van der Waals surface area contributed by atoms with E-state index in [1.54, 1.807) is 19.2 Å². The van der Waals surface area contributed by atoms with Gasteiger partial charge in [0.05, 0.1) is 16.8 Å². The molecule has 0 aliphatic heterocycles. The van der Waals surface area contributed by atoms with Crippen LogP contribution >= 0.6 is 0 Å². The molecule has 21 heavy (non-hydrogen) atoms. The minimum atomic E-state index is -4.11. The third kappa shape index (κ3) is 3.26. The highest BCUT2D eigenvalue weighted by atomic mass is 32.2. The maximum atomic E-state index is 12.3. The SMILES string of the molecule is Cc1cncc(NS(=O)(=O)c2ccc(N)cc2[N+](=O)[O-])c1. The number of pyridine rings is 1. The smallest absolute Gasteiger partial charge is 0.291 e. The molecule has 2 rings (SSSR count). The van der Waals surface area contributed by atoms with Gasteiger partial charge in [0.25, 0.3) is 15.7 Å². The molecule has 1 heterocycles. The predicted octanol–water partition coefficient (Wildman–Crippen LogP) is 1.68. The first-order valence-electron chi connectivity index (χ1n) is 5.78. The molecule has 0 fully saturated rings. The highest BCUT2D eigenvalue weighted by molar-refractivity contribution is 7.92. The highest BCUT2D eigenvalue weighted by Gasteiger charge is 2.26. The quantitative estimate of drug-likeness (QED) is 0.502. The van der Waals surface area contributed by atoms with Crippen LogP contribution in [0.25, 0.3) is 0 Å². The van der Waals surface area contributed by atoms with Crippen LogP contribution < -0.4 is 10.5 Å². The number of nitrogens with zero attached hydrogens (tertiary/aromatic N) is 2. The zero-order valence-electron chi connectivity index (χ0n) is 11.0. The van der Waals surface area contributed by atoms with Crippen molar-refractivity contribution in [1.82, 2.24) is 4.98 Å². The van der Waals surface area contributed by atoms with Gasteiger partial charge in [0.1, 0.15) is 0 Å². The monoisotopic (exact) mass is 308 g/mol. The van der Waals surface area contributed by atoms with Gasteiger partial charge in [0, 0.05) is 18.0 Å². The summed E-state index contributed by atoms with van der Waals surface area (Å²) in [5.74, 6) is 0. The van der Waals surface area contributed by atoms with Crippen LogP contribution in [0.1, 0.15) is 5.56 Å². The summed E-state index contributed by atoms with van der Waals surface area (Å²) in [5.41, 5.74) is 5.96. The predicted molar refractivity (Wildman–Crippen MR) is 77.3 cm³/mol. The van der Waals surface area contributed by atoms with Crippen molar-refractivity contribution in [2.45, 2.75) is 11.8 Å². The summed E-state index contributed by atoms with van der Waals surface area (Å²) in [6, 6.07) is 4.95. The molecular weight excluding hydrogens is 296 g/mol. The Morgan fingerprint density at radius 3 is 2.62 bits per heavy atom. The number of benzene rings is 1. The van der Waals surface area contributed by atoms with E-state index in [-0.39, 0.29) is 11.4 Å². The molecule has 110 valence electrons. The van der Waals surface area contributed by atoms with Crippen LogP contribution in [-0.4, -0.2) is 18.3 Å². The number of aryl methyl sites for hydroxylation is 1. The van der Waals surface area contributed by atoms with Crippen LogP contribution in [0.5, 0.6) is 0 Å². The van der Waals surface area contributed by atoms with E-state index >= 15 is 0 Å². The molecular formula is C12H12N4O4S. The van der Waals surface area contributed by atoms with E-state index < -0.39 is 25.5 Å². The molecule has 2 aromatic rings. The van der Waals surface area contributed by atoms with Crippen LogP contribution in [-0.2, 0) is 10.0 Å². The molecule has 0 spiro atoms. The van der Waals surface area contributed by atoms with Gasteiger partial charge in [-0.05, 0) is 30.7 Å². The minimum Gasteiger partial charge on any atom is -0.399 e. The van der Waals surface area contributed by atoms with E-state index in [9.17, 15) is 18.5 Å². The largest absolute Gasteiger partial charge is 0.399 e. The first-order chi connectivity index (χ1) is 9.79. The van der Waals surface area contributed by atoms with E-state index in [1.165, 1.54) is 12.3 Å². The molecule has 0 saturated heterocycles. The van der Waals surface area contributed by atoms with E-state index in [0.717, 1.165) is 17.7 Å². The van der Waals surface area contributed by atoms with Gasteiger partial charge in [-0.2, -0.15) is 0 Å². The van der Waals surface area contributed by atoms with Gasteiger partial charge in [0.15, 0.2) is 4.90 Å². The van der Waals surface area contributed by atoms with Crippen LogP contribution in [0, 0.1) is 17.0 Å². The Labute approximate surface area is 120 Å². The summed E-state index contributed by atoms with van der Waals surface area (Å²) >= 11 is 0. The molecule has 0 aliphatic carbocycles. The number of nitrogens with two attached hydrogens (primary N) is 1. The van der Waals surface area contributed by atoms with Crippen molar-refractivity contribution in [3.63, 3.8) is 0 Å². The Kier molecular flexibility index (Phi) is 3.76. The van der Waals surface area contributed by atoms with Crippen LogP contribution in [0.4, 0.5) is 17.1 Å².